The molecule has 0 radical (unpaired) electrons. The van der Waals surface area contributed by atoms with Gasteiger partial charge in [0.1, 0.15) is 0 Å². The molecule has 1 aliphatic heterocycles. The largest absolute Gasteiger partial charge is 0.339 e. The highest BCUT2D eigenvalue weighted by atomic mass is 19.1. The number of rotatable bonds is 6. The van der Waals surface area contributed by atoms with E-state index in [1.54, 1.807) is 20.0 Å². The van der Waals surface area contributed by atoms with Crippen LogP contribution in [0.2, 0.25) is 0 Å². The zero-order valence-corrected chi connectivity index (χ0v) is 16.7. The van der Waals surface area contributed by atoms with Crippen molar-refractivity contribution >= 4 is 28.9 Å². The molecule has 31 heavy (non-hydrogen) atoms. The number of carbonyl (C=O) groups is 2. The van der Waals surface area contributed by atoms with E-state index in [-0.39, 0.29) is 30.2 Å². The Balaban J connectivity index is 1.77. The number of non-ortho nitro benzene ring substituents is 1. The number of hydrogen-bond donors (Lipinski definition) is 0. The molecule has 0 saturated carbocycles. The number of amides is 2. The number of anilines is 1. The van der Waals surface area contributed by atoms with Gasteiger partial charge in [-0.15, -0.1) is 0 Å². The number of halogens is 1. The highest BCUT2D eigenvalue weighted by molar-refractivity contribution is 6.00. The Labute approximate surface area is 176 Å². The van der Waals surface area contributed by atoms with Crippen LogP contribution < -0.4 is 4.90 Å². The Kier molecular flexibility index (Phi) is 5.95. The van der Waals surface area contributed by atoms with Gasteiger partial charge in [-0.1, -0.05) is 12.1 Å². The van der Waals surface area contributed by atoms with Crippen molar-refractivity contribution in [3.05, 3.63) is 74.1 Å². The number of nitro benzene ring substituents is 2. The quantitative estimate of drug-likeness (QED) is 0.511. The van der Waals surface area contributed by atoms with Gasteiger partial charge in [-0.25, -0.2) is 0 Å². The van der Waals surface area contributed by atoms with E-state index in [0.717, 1.165) is 12.1 Å². The predicted molar refractivity (Wildman–Crippen MR) is 108 cm³/mol. The summed E-state index contributed by atoms with van der Waals surface area (Å²) in [6.45, 7) is 1.71. The first-order chi connectivity index (χ1) is 14.6. The van der Waals surface area contributed by atoms with E-state index < -0.39 is 39.2 Å². The van der Waals surface area contributed by atoms with Gasteiger partial charge >= 0.3 is 5.69 Å². The van der Waals surface area contributed by atoms with Crippen molar-refractivity contribution in [1.82, 2.24) is 4.90 Å². The zero-order valence-electron chi connectivity index (χ0n) is 16.7. The maximum absolute atomic E-state index is 13.6. The molecule has 10 nitrogen and oxygen atoms in total. The molecule has 0 bridgehead atoms. The van der Waals surface area contributed by atoms with Crippen molar-refractivity contribution in [2.75, 3.05) is 18.5 Å². The molecule has 0 N–H and O–H groups in total. The molecule has 3 rings (SSSR count). The molecular formula is C20H19FN4O6. The number of benzene rings is 2. The average molecular weight is 430 g/mol. The molecule has 1 aliphatic rings. The molecule has 1 fully saturated rings. The minimum Gasteiger partial charge on any atom is -0.339 e. The minimum atomic E-state index is -1.02. The van der Waals surface area contributed by atoms with Gasteiger partial charge in [0.25, 0.3) is 5.69 Å². The van der Waals surface area contributed by atoms with Gasteiger partial charge in [-0.2, -0.15) is 4.39 Å². The molecule has 2 aromatic carbocycles. The van der Waals surface area contributed by atoms with E-state index in [2.05, 4.69) is 0 Å². The lowest BCUT2D eigenvalue weighted by molar-refractivity contribution is -0.387. The van der Waals surface area contributed by atoms with Crippen molar-refractivity contribution in [1.29, 1.82) is 0 Å². The Hall–Kier alpha value is -3.89. The summed E-state index contributed by atoms with van der Waals surface area (Å²) in [5, 5.41) is 22.0. The molecule has 0 spiro atoms. The molecule has 1 saturated heterocycles. The van der Waals surface area contributed by atoms with Gasteiger partial charge < -0.3 is 9.80 Å². The molecule has 0 aromatic heterocycles. The highest BCUT2D eigenvalue weighted by Crippen LogP contribution is 2.32. The zero-order chi connectivity index (χ0) is 22.9. The van der Waals surface area contributed by atoms with Crippen LogP contribution in [0.5, 0.6) is 0 Å². The van der Waals surface area contributed by atoms with Crippen LogP contribution >= 0.6 is 0 Å². The number of hydrogen-bond acceptors (Lipinski definition) is 6. The topological polar surface area (TPSA) is 127 Å². The minimum absolute atomic E-state index is 0.00749. The third-order valence-corrected chi connectivity index (χ3v) is 5.40. The molecule has 1 heterocycles. The molecule has 0 aliphatic carbocycles. The van der Waals surface area contributed by atoms with E-state index in [0.29, 0.717) is 5.56 Å². The van der Waals surface area contributed by atoms with Crippen LogP contribution in [0, 0.1) is 32.0 Å². The van der Waals surface area contributed by atoms with Crippen molar-refractivity contribution in [3.8, 4) is 0 Å². The number of carbonyl (C=O) groups excluding carboxylic acids is 2. The van der Waals surface area contributed by atoms with E-state index in [9.17, 15) is 34.2 Å². The molecular weight excluding hydrogens is 411 g/mol. The fourth-order valence-corrected chi connectivity index (χ4v) is 3.53. The van der Waals surface area contributed by atoms with Crippen molar-refractivity contribution in [2.24, 2.45) is 5.92 Å². The van der Waals surface area contributed by atoms with E-state index in [4.69, 9.17) is 0 Å². The fraction of sp³-hybridized carbons (Fsp3) is 0.300. The lowest BCUT2D eigenvalue weighted by Crippen LogP contribution is -2.36. The van der Waals surface area contributed by atoms with Gasteiger partial charge in [-0.3, -0.25) is 29.8 Å². The summed E-state index contributed by atoms with van der Waals surface area (Å²) in [7, 11) is 1.54. The Morgan fingerprint density at radius 3 is 2.55 bits per heavy atom. The van der Waals surface area contributed by atoms with Gasteiger partial charge in [-0.05, 0) is 24.6 Å². The summed E-state index contributed by atoms with van der Waals surface area (Å²) in [5.41, 5.74) is -0.134. The maximum atomic E-state index is 13.6. The van der Waals surface area contributed by atoms with Crippen LogP contribution in [0.25, 0.3) is 0 Å². The summed E-state index contributed by atoms with van der Waals surface area (Å²) in [6, 6.07) is 8.59. The third kappa shape index (κ3) is 4.34. The summed E-state index contributed by atoms with van der Waals surface area (Å²) in [6.07, 6.45) is -0.101. The van der Waals surface area contributed by atoms with E-state index in [1.807, 2.05) is 0 Å². The second kappa shape index (κ2) is 8.46. The summed E-state index contributed by atoms with van der Waals surface area (Å²) < 4.78 is 13.6. The normalized spacial score (nSPS) is 16.8. The first-order valence-corrected chi connectivity index (χ1v) is 9.35. The van der Waals surface area contributed by atoms with Crippen LogP contribution in [0.1, 0.15) is 24.9 Å². The first-order valence-electron chi connectivity index (χ1n) is 9.35. The Bertz CT molecular complexity index is 1080. The predicted octanol–water partition coefficient (Wildman–Crippen LogP) is 3.21. The average Bonchev–Trinajstić information content (AvgIpc) is 3.13. The van der Waals surface area contributed by atoms with E-state index in [1.165, 1.54) is 34.1 Å². The van der Waals surface area contributed by atoms with Crippen molar-refractivity contribution < 1.29 is 23.8 Å². The van der Waals surface area contributed by atoms with Crippen molar-refractivity contribution in [3.63, 3.8) is 0 Å². The second-order valence-electron chi connectivity index (χ2n) is 7.28. The Morgan fingerprint density at radius 1 is 1.19 bits per heavy atom. The molecule has 2 amide bonds. The van der Waals surface area contributed by atoms with Crippen LogP contribution in [0.4, 0.5) is 21.5 Å². The SMILES string of the molecule is CC(c1cccc([N+](=O)[O-])c1)N(C)C(=O)C1CC(=O)N(c2ccc(F)c([N+](=O)[O-])c2)C1. The molecule has 2 unspecified atom stereocenters. The second-order valence-corrected chi connectivity index (χ2v) is 7.28. The summed E-state index contributed by atoms with van der Waals surface area (Å²) >= 11 is 0. The lowest BCUT2D eigenvalue weighted by Gasteiger charge is -2.27. The Morgan fingerprint density at radius 2 is 1.90 bits per heavy atom. The number of nitro groups is 2. The standard InChI is InChI=1S/C20H19FN4O6/c1-12(13-4-3-5-16(8-13)24(28)29)22(2)20(27)14-9-19(26)23(11-14)15-6-7-17(21)18(10-15)25(30)31/h3-8,10,12,14H,9,11H2,1-2H3. The van der Waals surface area contributed by atoms with Gasteiger partial charge in [0.2, 0.25) is 17.6 Å². The molecule has 2 atom stereocenters. The number of nitrogens with zero attached hydrogens (tertiary/aromatic N) is 4. The van der Waals surface area contributed by atoms with Gasteiger partial charge in [0, 0.05) is 38.2 Å². The molecule has 11 heteroatoms. The lowest BCUT2D eigenvalue weighted by atomic mass is 10.0. The monoisotopic (exact) mass is 430 g/mol. The van der Waals surface area contributed by atoms with Crippen molar-refractivity contribution in [2.45, 2.75) is 19.4 Å². The van der Waals surface area contributed by atoms with Crippen LogP contribution in [0.15, 0.2) is 42.5 Å². The summed E-state index contributed by atoms with van der Waals surface area (Å²) in [5.74, 6) is -2.47. The van der Waals surface area contributed by atoms with Gasteiger partial charge in [0.05, 0.1) is 27.5 Å². The summed E-state index contributed by atoms with van der Waals surface area (Å²) in [4.78, 5) is 48.6. The van der Waals surface area contributed by atoms with Gasteiger partial charge in [0.15, 0.2) is 0 Å². The van der Waals surface area contributed by atoms with Crippen LogP contribution in [-0.4, -0.2) is 40.2 Å². The van der Waals surface area contributed by atoms with E-state index >= 15 is 0 Å². The molecule has 2 aromatic rings. The molecule has 162 valence electrons. The maximum Gasteiger partial charge on any atom is 0.306 e. The third-order valence-electron chi connectivity index (χ3n) is 5.40. The van der Waals surface area contributed by atoms with Crippen LogP contribution in [-0.2, 0) is 9.59 Å². The highest BCUT2D eigenvalue weighted by Gasteiger charge is 2.38. The fourth-order valence-electron chi connectivity index (χ4n) is 3.53. The smallest absolute Gasteiger partial charge is 0.306 e. The first kappa shape index (κ1) is 21.8. The van der Waals surface area contributed by atoms with Crippen LogP contribution in [0.3, 0.4) is 0 Å².